The van der Waals surface area contributed by atoms with Crippen LogP contribution in [0.3, 0.4) is 0 Å². The Morgan fingerprint density at radius 3 is 1.64 bits per heavy atom. The quantitative estimate of drug-likeness (QED) is 0.112. The lowest BCUT2D eigenvalue weighted by atomic mass is 9.94. The molecule has 7 heterocycles. The zero-order chi connectivity index (χ0) is 39.8. The van der Waals surface area contributed by atoms with E-state index in [0.717, 1.165) is 73.3 Å². The molecule has 0 amide bonds. The normalized spacial score (nSPS) is 19.8. The lowest BCUT2D eigenvalue weighted by Crippen LogP contribution is -2.37. The summed E-state index contributed by atoms with van der Waals surface area (Å²) in [6.07, 6.45) is 17.8. The minimum Gasteiger partial charge on any atom is -0.381 e. The van der Waals surface area contributed by atoms with E-state index in [2.05, 4.69) is 103 Å². The lowest BCUT2D eigenvalue weighted by Gasteiger charge is -2.34. The molecule has 4 aromatic heterocycles. The van der Waals surface area contributed by atoms with Crippen LogP contribution in [0, 0.1) is 11.8 Å². The van der Waals surface area contributed by atoms with Crippen LogP contribution >= 0.6 is 22.7 Å². The van der Waals surface area contributed by atoms with E-state index in [9.17, 15) is 0 Å². The number of hydrogen-bond donors (Lipinski definition) is 0. The molecule has 4 fully saturated rings. The number of thiophene rings is 2. The van der Waals surface area contributed by atoms with Gasteiger partial charge in [-0.15, -0.1) is 22.7 Å². The second kappa shape index (κ2) is 19.6. The maximum absolute atomic E-state index is 6.13. The van der Waals surface area contributed by atoms with Crippen LogP contribution < -0.4 is 9.80 Å². The summed E-state index contributed by atoms with van der Waals surface area (Å²) in [7, 11) is 2.26. The number of piperidine rings is 3. The van der Waals surface area contributed by atoms with Crippen molar-refractivity contribution >= 4 is 54.7 Å². The van der Waals surface area contributed by atoms with Crippen LogP contribution in [0.1, 0.15) is 70.6 Å². The van der Waals surface area contributed by atoms with E-state index in [1.165, 1.54) is 110 Å². The SMILES string of the molecule is CN1CCCCC1CCOCC1CCN(c2ncnc3scc(-c4ccccc4)c23)CC1.c1ccc(-c2csc3ncnc(N4CCC(COC5CCC5)CC4)c23)cc1. The Morgan fingerprint density at radius 2 is 1.14 bits per heavy atom. The number of ether oxygens (including phenoxy) is 2. The molecule has 4 aliphatic rings. The van der Waals surface area contributed by atoms with E-state index in [0.29, 0.717) is 17.9 Å². The molecule has 310 valence electrons. The molecule has 0 radical (unpaired) electrons. The van der Waals surface area contributed by atoms with Gasteiger partial charge in [0.2, 0.25) is 0 Å². The van der Waals surface area contributed by atoms with E-state index >= 15 is 0 Å². The minimum absolute atomic E-state index is 0.545. The fraction of sp³-hybridized carbons (Fsp3) is 0.500. The van der Waals surface area contributed by atoms with Gasteiger partial charge in [-0.2, -0.15) is 0 Å². The van der Waals surface area contributed by atoms with Gasteiger partial charge in [-0.1, -0.05) is 67.1 Å². The van der Waals surface area contributed by atoms with Crippen molar-refractivity contribution in [2.45, 2.75) is 82.8 Å². The molecule has 0 N–H and O–H groups in total. The fourth-order valence-electron chi connectivity index (χ4n) is 9.27. The average Bonchev–Trinajstić information content (AvgIpc) is 3.92. The Bertz CT molecular complexity index is 2210. The summed E-state index contributed by atoms with van der Waals surface area (Å²) in [6, 6.07) is 21.9. The second-order valence-electron chi connectivity index (χ2n) is 17.0. The summed E-state index contributed by atoms with van der Waals surface area (Å²) in [6.45, 7) is 8.16. The highest BCUT2D eigenvalue weighted by Gasteiger charge is 2.27. The molecule has 3 aliphatic heterocycles. The molecule has 0 spiro atoms. The van der Waals surface area contributed by atoms with Crippen LogP contribution in [0.25, 0.3) is 42.7 Å². The standard InChI is InChI=1S/C26H34N4OS.C22H25N3OS/c1-29-13-6-5-9-22(29)12-16-31-17-20-10-14-30(15-11-20)25-24-23(21-7-3-2-4-8-21)18-32-26(24)28-19-27-25;1-2-5-17(6-3-1)19-14-27-22-20(19)21(23-15-24-22)25-11-9-16(10-12-25)13-26-18-7-4-8-18/h2-4,7-8,18-20,22H,5-6,9-17H2,1H3;1-3,5-6,14-16,18H,4,7-13H2. The first-order valence-corrected chi connectivity index (χ1v) is 23.9. The number of fused-ring (bicyclic) bond motifs is 2. The van der Waals surface area contributed by atoms with Crippen LogP contribution in [0.2, 0.25) is 0 Å². The van der Waals surface area contributed by atoms with Crippen molar-refractivity contribution < 1.29 is 9.47 Å². The highest BCUT2D eigenvalue weighted by Crippen LogP contribution is 2.40. The molecular formula is C48H59N7O2S2. The van der Waals surface area contributed by atoms with Crippen molar-refractivity contribution in [1.82, 2.24) is 24.8 Å². The van der Waals surface area contributed by atoms with Gasteiger partial charge in [0.05, 0.1) is 16.9 Å². The molecule has 0 bridgehead atoms. The number of benzene rings is 2. The number of rotatable bonds is 12. The van der Waals surface area contributed by atoms with E-state index in [4.69, 9.17) is 19.4 Å². The first-order valence-electron chi connectivity index (χ1n) is 22.1. The third kappa shape index (κ3) is 9.65. The van der Waals surface area contributed by atoms with Crippen LogP contribution in [0.5, 0.6) is 0 Å². The Labute approximate surface area is 357 Å². The zero-order valence-electron chi connectivity index (χ0n) is 34.6. The predicted molar refractivity (Wildman–Crippen MR) is 245 cm³/mol. The highest BCUT2D eigenvalue weighted by atomic mass is 32.1. The summed E-state index contributed by atoms with van der Waals surface area (Å²) in [4.78, 5) is 28.1. The smallest absolute Gasteiger partial charge is 0.141 e. The summed E-state index contributed by atoms with van der Waals surface area (Å²) in [5.41, 5.74) is 4.98. The van der Waals surface area contributed by atoms with Crippen molar-refractivity contribution in [2.24, 2.45) is 11.8 Å². The van der Waals surface area contributed by atoms with Gasteiger partial charge in [0, 0.05) is 73.9 Å². The average molecular weight is 830 g/mol. The number of hydrogen-bond acceptors (Lipinski definition) is 11. The van der Waals surface area contributed by atoms with Crippen LogP contribution in [0.15, 0.2) is 84.1 Å². The van der Waals surface area contributed by atoms with E-state index in [1.807, 2.05) is 0 Å². The number of likely N-dealkylation sites (tertiary alicyclic amines) is 1. The van der Waals surface area contributed by atoms with E-state index in [-0.39, 0.29) is 0 Å². The molecule has 9 nitrogen and oxygen atoms in total. The Kier molecular flexibility index (Phi) is 13.4. The maximum Gasteiger partial charge on any atom is 0.141 e. The fourth-order valence-corrected chi connectivity index (χ4v) is 11.1. The van der Waals surface area contributed by atoms with Gasteiger partial charge in [0.25, 0.3) is 0 Å². The van der Waals surface area contributed by atoms with Crippen LogP contribution in [0.4, 0.5) is 11.6 Å². The van der Waals surface area contributed by atoms with Crippen LogP contribution in [-0.4, -0.2) is 96.6 Å². The molecule has 1 unspecified atom stereocenters. The van der Waals surface area contributed by atoms with Crippen molar-refractivity contribution in [1.29, 1.82) is 0 Å². The van der Waals surface area contributed by atoms with Gasteiger partial charge in [-0.05, 0) is 101 Å². The zero-order valence-corrected chi connectivity index (χ0v) is 36.2. The summed E-state index contributed by atoms with van der Waals surface area (Å²) in [5, 5.41) is 6.85. The molecule has 2 aromatic carbocycles. The number of anilines is 2. The van der Waals surface area contributed by atoms with Gasteiger partial charge in [0.15, 0.2) is 0 Å². The number of aromatic nitrogens is 4. The Balaban J connectivity index is 0.000000154. The Hall–Kier alpha value is -4.00. The molecule has 1 aliphatic carbocycles. The van der Waals surface area contributed by atoms with Crippen LogP contribution in [-0.2, 0) is 9.47 Å². The third-order valence-corrected chi connectivity index (χ3v) is 15.0. The molecule has 10 rings (SSSR count). The number of nitrogens with zero attached hydrogens (tertiary/aromatic N) is 7. The van der Waals surface area contributed by atoms with Gasteiger partial charge >= 0.3 is 0 Å². The first-order chi connectivity index (χ1) is 29.2. The molecule has 1 saturated carbocycles. The van der Waals surface area contributed by atoms with Gasteiger partial charge < -0.3 is 24.2 Å². The summed E-state index contributed by atoms with van der Waals surface area (Å²) < 4.78 is 12.2. The van der Waals surface area contributed by atoms with Gasteiger partial charge in [0.1, 0.15) is 34.0 Å². The first kappa shape index (κ1) is 40.4. The molecule has 6 aromatic rings. The monoisotopic (exact) mass is 829 g/mol. The molecular weight excluding hydrogens is 771 g/mol. The van der Waals surface area contributed by atoms with Gasteiger partial charge in [-0.25, -0.2) is 19.9 Å². The largest absolute Gasteiger partial charge is 0.381 e. The minimum atomic E-state index is 0.545. The van der Waals surface area contributed by atoms with Crippen molar-refractivity contribution in [3.05, 3.63) is 84.1 Å². The summed E-state index contributed by atoms with van der Waals surface area (Å²) in [5.74, 6) is 3.53. The maximum atomic E-state index is 6.13. The molecule has 1 atom stereocenters. The topological polar surface area (TPSA) is 79.7 Å². The van der Waals surface area contributed by atoms with E-state index < -0.39 is 0 Å². The van der Waals surface area contributed by atoms with Crippen molar-refractivity contribution in [3.8, 4) is 22.3 Å². The predicted octanol–water partition coefficient (Wildman–Crippen LogP) is 10.6. The molecule has 3 saturated heterocycles. The highest BCUT2D eigenvalue weighted by molar-refractivity contribution is 7.17. The lowest BCUT2D eigenvalue weighted by molar-refractivity contribution is -0.0192. The van der Waals surface area contributed by atoms with Crippen molar-refractivity contribution in [2.75, 3.05) is 69.4 Å². The second-order valence-corrected chi connectivity index (χ2v) is 18.7. The van der Waals surface area contributed by atoms with Gasteiger partial charge in [-0.3, -0.25) is 0 Å². The Morgan fingerprint density at radius 1 is 0.593 bits per heavy atom. The molecule has 59 heavy (non-hydrogen) atoms. The third-order valence-electron chi connectivity index (χ3n) is 13.2. The van der Waals surface area contributed by atoms with Crippen molar-refractivity contribution in [3.63, 3.8) is 0 Å². The van der Waals surface area contributed by atoms with E-state index in [1.54, 1.807) is 35.3 Å². The molecule has 11 heteroatoms. The summed E-state index contributed by atoms with van der Waals surface area (Å²) >= 11 is 3.42.